The fourth-order valence-corrected chi connectivity index (χ4v) is 5.30. The number of carboxylic acid groups (broad SMARTS) is 1. The molecule has 2 atom stereocenters. The molecule has 0 amide bonds. The maximum atomic E-state index is 12.8. The number of ketones is 1. The van der Waals surface area contributed by atoms with Crippen molar-refractivity contribution in [3.63, 3.8) is 0 Å². The molecule has 3 heterocycles. The van der Waals surface area contributed by atoms with E-state index in [0.717, 1.165) is 55.9 Å². The van der Waals surface area contributed by atoms with Crippen LogP contribution in [-0.4, -0.2) is 47.2 Å². The van der Waals surface area contributed by atoms with E-state index in [1.165, 1.54) is 0 Å². The normalized spacial score (nSPS) is 19.1. The first-order valence-corrected chi connectivity index (χ1v) is 14.0. The van der Waals surface area contributed by atoms with Crippen LogP contribution in [0.5, 0.6) is 0 Å². The van der Waals surface area contributed by atoms with E-state index in [4.69, 9.17) is 32.8 Å². The Morgan fingerprint density at radius 2 is 1.38 bits per heavy atom. The van der Waals surface area contributed by atoms with Gasteiger partial charge in [0.05, 0.1) is 18.2 Å². The first-order chi connectivity index (χ1) is 18.5. The van der Waals surface area contributed by atoms with E-state index < -0.39 is 5.97 Å². The predicted molar refractivity (Wildman–Crippen MR) is 155 cm³/mol. The van der Waals surface area contributed by atoms with E-state index in [2.05, 4.69) is 30.8 Å². The molecule has 0 bridgehead atoms. The molecule has 0 radical (unpaired) electrons. The van der Waals surface area contributed by atoms with Crippen LogP contribution in [0.2, 0.25) is 10.0 Å². The minimum Gasteiger partial charge on any atom is -0.480 e. The third kappa shape index (κ3) is 7.34. The Hall–Kier alpha value is -3.03. The van der Waals surface area contributed by atoms with Gasteiger partial charge in [-0.1, -0.05) is 49.1 Å². The summed E-state index contributed by atoms with van der Waals surface area (Å²) in [5.74, 6) is 0.255. The number of hydrogen-bond donors (Lipinski definition) is 1. The Morgan fingerprint density at radius 1 is 0.897 bits per heavy atom. The van der Waals surface area contributed by atoms with Gasteiger partial charge in [-0.2, -0.15) is 0 Å². The highest BCUT2D eigenvalue weighted by Gasteiger charge is 2.32. The third-order valence-electron chi connectivity index (χ3n) is 7.13. The Balaban J connectivity index is 0.000000202. The zero-order chi connectivity index (χ0) is 28.2. The summed E-state index contributed by atoms with van der Waals surface area (Å²) in [4.78, 5) is 27.8. The summed E-state index contributed by atoms with van der Waals surface area (Å²) in [6.45, 7) is 7.90. The van der Waals surface area contributed by atoms with Gasteiger partial charge in [-0.25, -0.2) is 4.79 Å². The van der Waals surface area contributed by atoms with Gasteiger partial charge in [-0.15, -0.1) is 0 Å². The average molecular weight is 573 g/mol. The zero-order valence-electron chi connectivity index (χ0n) is 22.6. The standard InChI is InChI=1S/C19H23ClN2O2.C11H12ClNO2/c1-19(2,3)18-12-14(21-24-18)11-17(23)16-5-4-10-22(16)15-8-6-13(20)7-9-15;12-8-3-5-9(6-4-8)13-7-1-2-10(13)11(14)15/h6-9,12,16H,4-5,10-11H2,1-3H3;3-6,10H,1-2,7H2,(H,14,15)/t16-;10-/m00/s1. The van der Waals surface area contributed by atoms with Crippen LogP contribution in [-0.2, 0) is 21.4 Å². The lowest BCUT2D eigenvalue weighted by atomic mass is 9.93. The van der Waals surface area contributed by atoms with Crippen molar-refractivity contribution in [1.29, 1.82) is 0 Å². The number of aromatic nitrogens is 1. The molecule has 5 rings (SSSR count). The van der Waals surface area contributed by atoms with E-state index in [1.807, 2.05) is 47.4 Å². The van der Waals surface area contributed by atoms with Crippen LogP contribution in [0.3, 0.4) is 0 Å². The van der Waals surface area contributed by atoms with Gasteiger partial charge < -0.3 is 19.4 Å². The molecule has 0 spiro atoms. The van der Waals surface area contributed by atoms with Gasteiger partial charge in [0, 0.05) is 46.0 Å². The van der Waals surface area contributed by atoms with Crippen molar-refractivity contribution in [2.24, 2.45) is 0 Å². The van der Waals surface area contributed by atoms with Crippen LogP contribution >= 0.6 is 23.2 Å². The highest BCUT2D eigenvalue weighted by atomic mass is 35.5. The van der Waals surface area contributed by atoms with Gasteiger partial charge in [-0.3, -0.25) is 4.79 Å². The van der Waals surface area contributed by atoms with E-state index in [-0.39, 0.29) is 23.3 Å². The molecular formula is C30H35Cl2N3O4. The Morgan fingerprint density at radius 3 is 1.85 bits per heavy atom. The zero-order valence-corrected chi connectivity index (χ0v) is 24.1. The smallest absolute Gasteiger partial charge is 0.326 e. The van der Waals surface area contributed by atoms with Crippen molar-refractivity contribution in [3.05, 3.63) is 76.1 Å². The quantitative estimate of drug-likeness (QED) is 0.348. The molecule has 2 aliphatic rings. The number of Topliss-reactive ketones (excluding diaryl/α,β-unsaturated/α-hetero) is 1. The Labute approximate surface area is 239 Å². The van der Waals surface area contributed by atoms with Gasteiger partial charge in [0.25, 0.3) is 0 Å². The lowest BCUT2D eigenvalue weighted by Gasteiger charge is -2.25. The van der Waals surface area contributed by atoms with E-state index in [0.29, 0.717) is 22.2 Å². The molecule has 2 fully saturated rings. The number of nitrogens with zero attached hydrogens (tertiary/aromatic N) is 3. The summed E-state index contributed by atoms with van der Waals surface area (Å²) in [7, 11) is 0. The van der Waals surface area contributed by atoms with Crippen LogP contribution in [0, 0.1) is 0 Å². The number of rotatable bonds is 6. The molecule has 2 saturated heterocycles. The van der Waals surface area contributed by atoms with Crippen molar-refractivity contribution in [2.45, 2.75) is 70.4 Å². The molecule has 0 aliphatic carbocycles. The molecule has 9 heteroatoms. The fraction of sp³-hybridized carbons (Fsp3) is 0.433. The minimum atomic E-state index is -0.748. The first kappa shape index (κ1) is 29.0. The monoisotopic (exact) mass is 571 g/mol. The number of carbonyl (C=O) groups excluding carboxylic acids is 1. The SMILES string of the molecule is CC(C)(C)c1cc(CC(=O)[C@@H]2CCCN2c2ccc(Cl)cc2)no1.O=C(O)[C@@H]1CCCN1c1ccc(Cl)cc1. The van der Waals surface area contributed by atoms with E-state index >= 15 is 0 Å². The molecule has 0 saturated carbocycles. The highest BCUT2D eigenvalue weighted by molar-refractivity contribution is 6.30. The van der Waals surface area contributed by atoms with Crippen molar-refractivity contribution in [3.8, 4) is 0 Å². The van der Waals surface area contributed by atoms with Crippen LogP contribution in [0.25, 0.3) is 0 Å². The second-order valence-electron chi connectivity index (χ2n) is 11.1. The number of anilines is 2. The number of halogens is 2. The van der Waals surface area contributed by atoms with Crippen LogP contribution in [0.1, 0.15) is 57.9 Å². The van der Waals surface area contributed by atoms with Crippen LogP contribution in [0.15, 0.2) is 59.1 Å². The van der Waals surface area contributed by atoms with Gasteiger partial charge in [-0.05, 0) is 74.2 Å². The van der Waals surface area contributed by atoms with Crippen molar-refractivity contribution >= 4 is 46.3 Å². The largest absolute Gasteiger partial charge is 0.480 e. The molecule has 39 heavy (non-hydrogen) atoms. The fourth-order valence-electron chi connectivity index (χ4n) is 5.05. The average Bonchev–Trinajstić information content (AvgIpc) is 3.66. The summed E-state index contributed by atoms with van der Waals surface area (Å²) < 4.78 is 5.39. The molecule has 1 N–H and O–H groups in total. The third-order valence-corrected chi connectivity index (χ3v) is 7.64. The number of aliphatic carboxylic acids is 1. The van der Waals surface area contributed by atoms with Gasteiger partial charge in [0.15, 0.2) is 5.78 Å². The molecule has 7 nitrogen and oxygen atoms in total. The Kier molecular flexibility index (Phi) is 9.23. The van der Waals surface area contributed by atoms with Crippen molar-refractivity contribution < 1.29 is 19.2 Å². The summed E-state index contributed by atoms with van der Waals surface area (Å²) in [6.07, 6.45) is 3.86. The van der Waals surface area contributed by atoms with Crippen LogP contribution < -0.4 is 9.80 Å². The molecular weight excluding hydrogens is 537 g/mol. The van der Waals surface area contributed by atoms with E-state index in [9.17, 15) is 9.59 Å². The summed E-state index contributed by atoms with van der Waals surface area (Å²) in [6, 6.07) is 16.4. The number of carboxylic acids is 1. The first-order valence-electron chi connectivity index (χ1n) is 13.3. The predicted octanol–water partition coefficient (Wildman–Crippen LogP) is 6.80. The van der Waals surface area contributed by atoms with Gasteiger partial charge >= 0.3 is 5.97 Å². The number of hydrogen-bond acceptors (Lipinski definition) is 6. The Bertz CT molecular complexity index is 1270. The lowest BCUT2D eigenvalue weighted by Crippen LogP contribution is -2.37. The maximum Gasteiger partial charge on any atom is 0.326 e. The molecule has 3 aromatic rings. The highest BCUT2D eigenvalue weighted by Crippen LogP contribution is 2.29. The number of carbonyl (C=O) groups is 2. The number of benzene rings is 2. The molecule has 1 aromatic heterocycles. The molecule has 208 valence electrons. The topological polar surface area (TPSA) is 86.9 Å². The van der Waals surface area contributed by atoms with Gasteiger partial charge in [0.1, 0.15) is 11.8 Å². The summed E-state index contributed by atoms with van der Waals surface area (Å²) >= 11 is 11.7. The molecule has 0 unspecified atom stereocenters. The van der Waals surface area contributed by atoms with Crippen molar-refractivity contribution in [1.82, 2.24) is 5.16 Å². The molecule has 2 aromatic carbocycles. The maximum absolute atomic E-state index is 12.8. The lowest BCUT2D eigenvalue weighted by molar-refractivity contribution is -0.138. The van der Waals surface area contributed by atoms with Crippen LogP contribution in [0.4, 0.5) is 11.4 Å². The minimum absolute atomic E-state index is 0.0963. The second-order valence-corrected chi connectivity index (χ2v) is 11.9. The summed E-state index contributed by atoms with van der Waals surface area (Å²) in [5, 5.41) is 14.5. The summed E-state index contributed by atoms with van der Waals surface area (Å²) in [5.41, 5.74) is 2.60. The van der Waals surface area contributed by atoms with Crippen molar-refractivity contribution in [2.75, 3.05) is 22.9 Å². The molecule has 2 aliphatic heterocycles. The van der Waals surface area contributed by atoms with E-state index in [1.54, 1.807) is 12.1 Å². The van der Waals surface area contributed by atoms with Gasteiger partial charge in [0.2, 0.25) is 0 Å². The second kappa shape index (κ2) is 12.4.